The summed E-state index contributed by atoms with van der Waals surface area (Å²) in [5.41, 5.74) is 1.31. The lowest BCUT2D eigenvalue weighted by molar-refractivity contribution is -0.149. The van der Waals surface area contributed by atoms with Gasteiger partial charge in [-0.25, -0.2) is 4.98 Å². The van der Waals surface area contributed by atoms with Crippen molar-refractivity contribution in [1.82, 2.24) is 10.3 Å². The molecule has 1 aliphatic carbocycles. The Labute approximate surface area is 130 Å². The first-order valence-electron chi connectivity index (χ1n) is 8.13. The Bertz CT molecular complexity index is 469. The average molecular weight is 308 g/mol. The highest BCUT2D eigenvalue weighted by Crippen LogP contribution is 2.39. The first kappa shape index (κ1) is 15.0. The molecule has 2 aliphatic rings. The van der Waals surface area contributed by atoms with E-state index in [0.29, 0.717) is 12.5 Å². The Balaban J connectivity index is 1.61. The van der Waals surface area contributed by atoms with Crippen molar-refractivity contribution in [3.8, 4) is 0 Å². The number of hydrogen-bond donors (Lipinski definition) is 1. The Morgan fingerprint density at radius 2 is 2.05 bits per heavy atom. The van der Waals surface area contributed by atoms with Crippen LogP contribution in [0, 0.1) is 5.92 Å². The molecule has 1 aromatic rings. The number of fused-ring (bicyclic) bond motifs is 1. The molecule has 0 bridgehead atoms. The van der Waals surface area contributed by atoms with Crippen molar-refractivity contribution in [3.63, 3.8) is 0 Å². The van der Waals surface area contributed by atoms with Gasteiger partial charge in [-0.15, -0.1) is 11.3 Å². The zero-order valence-corrected chi connectivity index (χ0v) is 13.5. The van der Waals surface area contributed by atoms with Crippen molar-refractivity contribution in [2.75, 3.05) is 19.7 Å². The van der Waals surface area contributed by atoms with Gasteiger partial charge in [0.1, 0.15) is 0 Å². The topological polar surface area (TPSA) is 51.2 Å². The monoisotopic (exact) mass is 308 g/mol. The quantitative estimate of drug-likeness (QED) is 0.872. The first-order chi connectivity index (χ1) is 10.3. The summed E-state index contributed by atoms with van der Waals surface area (Å²) in [5, 5.41) is 4.73. The van der Waals surface area contributed by atoms with Crippen LogP contribution in [-0.4, -0.2) is 30.6 Å². The van der Waals surface area contributed by atoms with Crippen LogP contribution in [0.3, 0.4) is 0 Å². The second kappa shape index (κ2) is 6.88. The zero-order valence-electron chi connectivity index (χ0n) is 12.7. The third-order valence-electron chi connectivity index (χ3n) is 4.56. The van der Waals surface area contributed by atoms with Crippen molar-refractivity contribution < 1.29 is 9.53 Å². The highest BCUT2D eigenvalue weighted by atomic mass is 32.1. The normalized spacial score (nSPS) is 26.0. The van der Waals surface area contributed by atoms with Crippen LogP contribution in [0.4, 0.5) is 0 Å². The maximum atomic E-state index is 11.8. The second-order valence-corrected chi connectivity index (χ2v) is 7.09. The van der Waals surface area contributed by atoms with E-state index >= 15 is 0 Å². The number of carbonyl (C=O) groups is 1. The van der Waals surface area contributed by atoms with Crippen molar-refractivity contribution in [2.24, 2.45) is 5.92 Å². The number of nitrogens with zero attached hydrogens (tertiary/aromatic N) is 1. The SMILES string of the molecule is CCOC(=O)C1CCC(c2nc3c(s2)CCNCC3)CC1. The van der Waals surface area contributed by atoms with Gasteiger partial charge in [-0.05, 0) is 39.0 Å². The van der Waals surface area contributed by atoms with Crippen LogP contribution in [0.1, 0.15) is 54.1 Å². The molecule has 0 atom stereocenters. The van der Waals surface area contributed by atoms with Crippen LogP contribution in [0.2, 0.25) is 0 Å². The lowest BCUT2D eigenvalue weighted by Crippen LogP contribution is -2.23. The molecule has 2 heterocycles. The van der Waals surface area contributed by atoms with E-state index < -0.39 is 0 Å². The molecule has 1 N–H and O–H groups in total. The molecule has 1 aliphatic heterocycles. The molecular weight excluding hydrogens is 284 g/mol. The fourth-order valence-electron chi connectivity index (χ4n) is 3.34. The first-order valence-corrected chi connectivity index (χ1v) is 8.95. The number of nitrogens with one attached hydrogen (secondary N) is 1. The summed E-state index contributed by atoms with van der Waals surface area (Å²) in [6.45, 7) is 4.49. The minimum atomic E-state index is -0.00283. The number of rotatable bonds is 3. The molecule has 0 spiro atoms. The Morgan fingerprint density at radius 1 is 1.29 bits per heavy atom. The van der Waals surface area contributed by atoms with Crippen LogP contribution in [-0.2, 0) is 22.4 Å². The summed E-state index contributed by atoms with van der Waals surface area (Å²) in [7, 11) is 0. The number of carbonyl (C=O) groups excluding carboxylic acids is 1. The van der Waals surface area contributed by atoms with Crippen LogP contribution in [0.5, 0.6) is 0 Å². The molecule has 0 amide bonds. The van der Waals surface area contributed by atoms with Gasteiger partial charge in [-0.3, -0.25) is 4.79 Å². The Kier molecular flexibility index (Phi) is 4.91. The minimum Gasteiger partial charge on any atom is -0.466 e. The second-order valence-electron chi connectivity index (χ2n) is 5.97. The van der Waals surface area contributed by atoms with E-state index in [1.165, 1.54) is 15.6 Å². The maximum Gasteiger partial charge on any atom is 0.308 e. The van der Waals surface area contributed by atoms with E-state index in [0.717, 1.165) is 51.6 Å². The highest BCUT2D eigenvalue weighted by Gasteiger charge is 2.30. The number of hydrogen-bond acceptors (Lipinski definition) is 5. The summed E-state index contributed by atoms with van der Waals surface area (Å²) in [6.07, 6.45) is 6.24. The number of aromatic nitrogens is 1. The average Bonchev–Trinajstić information content (AvgIpc) is 2.79. The lowest BCUT2D eigenvalue weighted by atomic mass is 9.82. The van der Waals surface area contributed by atoms with Crippen molar-refractivity contribution in [1.29, 1.82) is 0 Å². The molecule has 0 aromatic carbocycles. The van der Waals surface area contributed by atoms with E-state index in [4.69, 9.17) is 9.72 Å². The van der Waals surface area contributed by atoms with Gasteiger partial charge in [0, 0.05) is 30.3 Å². The van der Waals surface area contributed by atoms with Gasteiger partial charge in [0.05, 0.1) is 23.2 Å². The maximum absolute atomic E-state index is 11.8. The fraction of sp³-hybridized carbons (Fsp3) is 0.750. The fourth-order valence-corrected chi connectivity index (χ4v) is 4.62. The van der Waals surface area contributed by atoms with Gasteiger partial charge in [-0.2, -0.15) is 0 Å². The van der Waals surface area contributed by atoms with Crippen LogP contribution >= 0.6 is 11.3 Å². The van der Waals surface area contributed by atoms with Crippen molar-refractivity contribution in [2.45, 2.75) is 51.4 Å². The van der Waals surface area contributed by atoms with Crippen LogP contribution in [0.15, 0.2) is 0 Å². The summed E-state index contributed by atoms with van der Waals surface area (Å²) in [4.78, 5) is 18.2. The van der Waals surface area contributed by atoms with E-state index in [2.05, 4.69) is 5.32 Å². The van der Waals surface area contributed by atoms with Crippen LogP contribution in [0.25, 0.3) is 0 Å². The molecule has 0 unspecified atom stereocenters. The third kappa shape index (κ3) is 3.46. The van der Waals surface area contributed by atoms with Gasteiger partial charge in [0.25, 0.3) is 0 Å². The van der Waals surface area contributed by atoms with Crippen LogP contribution < -0.4 is 5.32 Å². The molecule has 3 rings (SSSR count). The minimum absolute atomic E-state index is 0.00283. The van der Waals surface area contributed by atoms with Crippen molar-refractivity contribution >= 4 is 17.3 Å². The molecule has 21 heavy (non-hydrogen) atoms. The molecule has 1 aromatic heterocycles. The van der Waals surface area contributed by atoms with Crippen molar-refractivity contribution in [3.05, 3.63) is 15.6 Å². The summed E-state index contributed by atoms with van der Waals surface area (Å²) in [6, 6.07) is 0. The summed E-state index contributed by atoms with van der Waals surface area (Å²) < 4.78 is 5.14. The number of ether oxygens (including phenoxy) is 1. The predicted molar refractivity (Wildman–Crippen MR) is 83.7 cm³/mol. The molecule has 1 saturated carbocycles. The molecule has 116 valence electrons. The Hall–Kier alpha value is -0.940. The molecule has 5 heteroatoms. The van der Waals surface area contributed by atoms with E-state index in [-0.39, 0.29) is 11.9 Å². The smallest absolute Gasteiger partial charge is 0.308 e. The Morgan fingerprint density at radius 3 is 2.81 bits per heavy atom. The van der Waals surface area contributed by atoms with E-state index in [9.17, 15) is 4.79 Å². The standard InChI is InChI=1S/C16H24N2O2S/c1-2-20-16(19)12-5-3-11(4-6-12)15-18-13-7-9-17-10-8-14(13)21-15/h11-12,17H,2-10H2,1H3. The summed E-state index contributed by atoms with van der Waals surface area (Å²) >= 11 is 1.91. The molecule has 1 fully saturated rings. The van der Waals surface area contributed by atoms with Gasteiger partial charge in [0.15, 0.2) is 0 Å². The van der Waals surface area contributed by atoms with E-state index in [1.54, 1.807) is 0 Å². The predicted octanol–water partition coefficient (Wildman–Crippen LogP) is 2.67. The molecule has 0 saturated heterocycles. The third-order valence-corrected chi connectivity index (χ3v) is 5.88. The van der Waals surface area contributed by atoms with Gasteiger partial charge in [0.2, 0.25) is 0 Å². The summed E-state index contributed by atoms with van der Waals surface area (Å²) in [5.74, 6) is 0.667. The van der Waals surface area contributed by atoms with Gasteiger partial charge in [-0.1, -0.05) is 0 Å². The zero-order chi connectivity index (χ0) is 14.7. The molecular formula is C16H24N2O2S. The van der Waals surface area contributed by atoms with Gasteiger partial charge >= 0.3 is 5.97 Å². The number of thiazole rings is 1. The molecule has 4 nitrogen and oxygen atoms in total. The highest BCUT2D eigenvalue weighted by molar-refractivity contribution is 7.11. The van der Waals surface area contributed by atoms with E-state index in [1.807, 2.05) is 18.3 Å². The van der Waals surface area contributed by atoms with Gasteiger partial charge < -0.3 is 10.1 Å². The number of esters is 1. The largest absolute Gasteiger partial charge is 0.466 e. The molecule has 0 radical (unpaired) electrons. The lowest BCUT2D eigenvalue weighted by Gasteiger charge is -2.25.